The number of oxazole rings is 1. The fraction of sp³-hybridized carbons (Fsp3) is 0.655. The lowest BCUT2D eigenvalue weighted by atomic mass is 9.75. The number of unbranched alkanes of at least 4 members (excludes halogenated alkanes) is 1. The Balaban J connectivity index is 1.16. The number of halogens is 1. The molecule has 190 valence electrons. The van der Waals surface area contributed by atoms with Crippen LogP contribution in [0.25, 0.3) is 0 Å². The molecule has 1 amide bonds. The van der Waals surface area contributed by atoms with Gasteiger partial charge in [-0.3, -0.25) is 4.79 Å². The van der Waals surface area contributed by atoms with Crippen molar-refractivity contribution < 1.29 is 13.9 Å². The van der Waals surface area contributed by atoms with Crippen LogP contribution in [0.1, 0.15) is 97.6 Å². The lowest BCUT2D eigenvalue weighted by Crippen LogP contribution is -2.28. The molecule has 3 heterocycles. The third-order valence-corrected chi connectivity index (χ3v) is 8.85. The Morgan fingerprint density at radius 1 is 1.03 bits per heavy atom. The van der Waals surface area contributed by atoms with Crippen LogP contribution >= 0.6 is 15.9 Å². The molecule has 3 aliphatic rings. The van der Waals surface area contributed by atoms with Gasteiger partial charge in [-0.25, -0.2) is 4.98 Å². The summed E-state index contributed by atoms with van der Waals surface area (Å²) in [6, 6.07) is 8.70. The summed E-state index contributed by atoms with van der Waals surface area (Å²) in [6.45, 7) is 0.706. The number of amides is 1. The van der Waals surface area contributed by atoms with Crippen molar-refractivity contribution in [2.75, 3.05) is 11.9 Å². The average molecular weight is 544 g/mol. The van der Waals surface area contributed by atoms with Gasteiger partial charge in [0.1, 0.15) is 6.26 Å². The maximum atomic E-state index is 12.7. The number of nitrogens with zero attached hydrogens (tertiary/aromatic N) is 1. The first kappa shape index (κ1) is 25.0. The molecule has 0 spiro atoms. The number of fused-ring (bicyclic) bond motifs is 2. The van der Waals surface area contributed by atoms with Crippen LogP contribution in [-0.2, 0) is 17.6 Å². The predicted octanol–water partition coefficient (Wildman–Crippen LogP) is 6.60. The van der Waals surface area contributed by atoms with Crippen LogP contribution < -0.4 is 5.32 Å². The van der Waals surface area contributed by atoms with E-state index in [0.29, 0.717) is 24.0 Å². The highest BCUT2D eigenvalue weighted by atomic mass is 79.9. The summed E-state index contributed by atoms with van der Waals surface area (Å²) < 4.78 is 12.2. The summed E-state index contributed by atoms with van der Waals surface area (Å²) in [7, 11) is 0. The quantitative estimate of drug-likeness (QED) is 0.256. The average Bonchev–Trinajstić information content (AvgIpc) is 3.63. The third kappa shape index (κ3) is 6.02. The number of ether oxygens (including phenoxy) is 1. The molecule has 5 rings (SSSR count). The van der Waals surface area contributed by atoms with E-state index in [2.05, 4.69) is 50.5 Å². The second-order valence-electron chi connectivity index (χ2n) is 10.7. The first-order valence-electron chi connectivity index (χ1n) is 13.7. The van der Waals surface area contributed by atoms with Gasteiger partial charge in [-0.2, -0.15) is 0 Å². The molecule has 5 nitrogen and oxygen atoms in total. The van der Waals surface area contributed by atoms with E-state index in [1.54, 1.807) is 0 Å². The Hall–Kier alpha value is -1.66. The van der Waals surface area contributed by atoms with Gasteiger partial charge in [-0.15, -0.1) is 0 Å². The number of carbonyl (C=O) groups is 1. The summed E-state index contributed by atoms with van der Waals surface area (Å²) in [5, 5.41) is 4.01. The van der Waals surface area contributed by atoms with E-state index in [4.69, 9.17) is 9.15 Å². The van der Waals surface area contributed by atoms with Gasteiger partial charge in [0.25, 0.3) is 5.91 Å². The molecule has 6 heteroatoms. The highest BCUT2D eigenvalue weighted by Gasteiger charge is 2.51. The molecule has 1 aliphatic carbocycles. The minimum Gasteiger partial charge on any atom is -0.448 e. The van der Waals surface area contributed by atoms with Gasteiger partial charge >= 0.3 is 0 Å². The monoisotopic (exact) mass is 542 g/mol. The van der Waals surface area contributed by atoms with Gasteiger partial charge in [0.2, 0.25) is 5.89 Å². The molecule has 35 heavy (non-hydrogen) atoms. The Morgan fingerprint density at radius 2 is 1.83 bits per heavy atom. The number of aromatic nitrogens is 1. The van der Waals surface area contributed by atoms with Crippen molar-refractivity contribution in [3.63, 3.8) is 0 Å². The molecule has 4 atom stereocenters. The third-order valence-electron chi connectivity index (χ3n) is 8.45. The van der Waals surface area contributed by atoms with Crippen LogP contribution in [-0.4, -0.2) is 35.0 Å². The summed E-state index contributed by atoms with van der Waals surface area (Å²) >= 11 is 3.59. The number of rotatable bonds is 11. The van der Waals surface area contributed by atoms with Crippen LogP contribution in [0.2, 0.25) is 0 Å². The number of hydrogen-bond donors (Lipinski definition) is 1. The Morgan fingerprint density at radius 3 is 2.66 bits per heavy atom. The lowest BCUT2D eigenvalue weighted by Gasteiger charge is -2.26. The van der Waals surface area contributed by atoms with Crippen molar-refractivity contribution in [1.29, 1.82) is 0 Å². The van der Waals surface area contributed by atoms with Crippen molar-refractivity contribution in [1.82, 2.24) is 10.3 Å². The zero-order valence-corrected chi connectivity index (χ0v) is 22.3. The molecule has 1 N–H and O–H groups in total. The van der Waals surface area contributed by atoms with Crippen molar-refractivity contribution in [3.05, 3.63) is 53.2 Å². The second-order valence-corrected chi connectivity index (χ2v) is 11.5. The first-order chi connectivity index (χ1) is 17.2. The van der Waals surface area contributed by atoms with Crippen LogP contribution in [0.15, 0.2) is 34.9 Å². The fourth-order valence-corrected chi connectivity index (χ4v) is 7.03. The summed E-state index contributed by atoms with van der Waals surface area (Å²) in [5.74, 6) is 1.90. The van der Waals surface area contributed by atoms with Gasteiger partial charge in [-0.1, -0.05) is 85.1 Å². The van der Waals surface area contributed by atoms with Gasteiger partial charge in [0.05, 0.1) is 18.1 Å². The van der Waals surface area contributed by atoms with E-state index >= 15 is 0 Å². The summed E-state index contributed by atoms with van der Waals surface area (Å²) in [6.07, 6.45) is 16.6. The lowest BCUT2D eigenvalue weighted by molar-refractivity contribution is 0.0897. The van der Waals surface area contributed by atoms with Crippen molar-refractivity contribution in [2.45, 2.75) is 95.2 Å². The smallest absolute Gasteiger partial charge is 0.273 e. The minimum absolute atomic E-state index is 0.114. The van der Waals surface area contributed by atoms with Gasteiger partial charge in [-0.05, 0) is 49.1 Å². The highest BCUT2D eigenvalue weighted by Crippen LogP contribution is 2.50. The van der Waals surface area contributed by atoms with Crippen molar-refractivity contribution >= 4 is 21.8 Å². The molecule has 1 aromatic carbocycles. The number of aryl methyl sites for hydroxylation is 1. The molecule has 1 saturated carbocycles. The number of carbonyl (C=O) groups excluding carboxylic acids is 1. The largest absolute Gasteiger partial charge is 0.448 e. The van der Waals surface area contributed by atoms with E-state index in [1.165, 1.54) is 62.3 Å². The van der Waals surface area contributed by atoms with Crippen molar-refractivity contribution in [3.8, 4) is 0 Å². The maximum Gasteiger partial charge on any atom is 0.273 e. The second kappa shape index (κ2) is 12.1. The summed E-state index contributed by atoms with van der Waals surface area (Å²) in [4.78, 5) is 17.4. The molecule has 4 unspecified atom stereocenters. The van der Waals surface area contributed by atoms with E-state index in [1.807, 2.05) is 0 Å². The SMILES string of the molecule is O=C(NCCCCC1CCCCC1)c1coc(C2C3CCC(O3)C2Cc2ccccc2CCBr)n1. The molecule has 3 fully saturated rings. The van der Waals surface area contributed by atoms with E-state index in [0.717, 1.165) is 43.4 Å². The summed E-state index contributed by atoms with van der Waals surface area (Å²) in [5.41, 5.74) is 3.17. The minimum atomic E-state index is -0.124. The van der Waals surface area contributed by atoms with Crippen LogP contribution in [0.3, 0.4) is 0 Å². The van der Waals surface area contributed by atoms with Crippen LogP contribution in [0.4, 0.5) is 0 Å². The Labute approximate surface area is 217 Å². The number of alkyl halides is 1. The molecule has 2 aliphatic heterocycles. The van der Waals surface area contributed by atoms with Crippen LogP contribution in [0.5, 0.6) is 0 Å². The van der Waals surface area contributed by atoms with Gasteiger partial charge in [0.15, 0.2) is 5.69 Å². The van der Waals surface area contributed by atoms with E-state index in [9.17, 15) is 4.79 Å². The van der Waals surface area contributed by atoms with E-state index in [-0.39, 0.29) is 24.0 Å². The topological polar surface area (TPSA) is 64.4 Å². The van der Waals surface area contributed by atoms with Crippen LogP contribution in [0, 0.1) is 11.8 Å². The van der Waals surface area contributed by atoms with Gasteiger partial charge in [0, 0.05) is 17.8 Å². The number of hydrogen-bond acceptors (Lipinski definition) is 4. The van der Waals surface area contributed by atoms with Crippen molar-refractivity contribution in [2.24, 2.45) is 11.8 Å². The number of nitrogens with one attached hydrogen (secondary N) is 1. The number of benzene rings is 1. The van der Waals surface area contributed by atoms with Gasteiger partial charge < -0.3 is 14.5 Å². The normalized spacial score (nSPS) is 26.3. The highest BCUT2D eigenvalue weighted by molar-refractivity contribution is 9.09. The zero-order chi connectivity index (χ0) is 24.0. The Kier molecular flexibility index (Phi) is 8.61. The molecule has 0 radical (unpaired) electrons. The maximum absolute atomic E-state index is 12.7. The fourth-order valence-electron chi connectivity index (χ4n) is 6.60. The predicted molar refractivity (Wildman–Crippen MR) is 141 cm³/mol. The molecule has 2 saturated heterocycles. The zero-order valence-electron chi connectivity index (χ0n) is 20.7. The molecule has 1 aromatic heterocycles. The first-order valence-corrected chi connectivity index (χ1v) is 14.9. The molecule has 2 aromatic rings. The molecule has 2 bridgehead atoms. The Bertz CT molecular complexity index is 970. The molecular formula is C29H39BrN2O3. The standard InChI is InChI=1S/C29H39BrN2O3/c30-16-15-21-11-4-5-12-22(21)18-23-25-13-14-26(35-25)27(23)29-32-24(19-34-29)28(33)31-17-7-6-10-20-8-2-1-3-9-20/h4-5,11-12,19-20,23,25-27H,1-3,6-10,13-18H2,(H,31,33). The molecular weight excluding hydrogens is 504 g/mol. The van der Waals surface area contributed by atoms with E-state index < -0.39 is 0 Å².